The predicted molar refractivity (Wildman–Crippen MR) is 148 cm³/mol. The third-order valence-electron chi connectivity index (χ3n) is 10.2. The van der Waals surface area contributed by atoms with Crippen molar-refractivity contribution in [3.8, 4) is 17.2 Å². The van der Waals surface area contributed by atoms with E-state index in [1.54, 1.807) is 17.0 Å². The molecule has 7 nitrogen and oxygen atoms in total. The van der Waals surface area contributed by atoms with E-state index in [9.17, 15) is 15.0 Å². The molecule has 7 rings (SSSR count). The van der Waals surface area contributed by atoms with Crippen molar-refractivity contribution in [1.29, 1.82) is 0 Å². The number of benzene rings is 2. The van der Waals surface area contributed by atoms with Gasteiger partial charge in [0.15, 0.2) is 11.5 Å². The zero-order chi connectivity index (χ0) is 26.9. The van der Waals surface area contributed by atoms with Crippen LogP contribution in [0.3, 0.4) is 0 Å². The molecule has 1 spiro atoms. The lowest BCUT2D eigenvalue weighted by Crippen LogP contribution is -2.78. The minimum atomic E-state index is -0.952. The van der Waals surface area contributed by atoms with Gasteiger partial charge in [-0.15, -0.1) is 0 Å². The zero-order valence-corrected chi connectivity index (χ0v) is 22.8. The predicted octanol–water partition coefficient (Wildman–Crippen LogP) is 3.90. The SMILES string of the molecule is CCOc1cccc(C=CC(=O)N(C)[C@@H]2CC[C@@]3(O)[C@H]4Cc5ccc(O)c6c5[C@@]3(CCN4CC3CC3)[C@H]2O6)c1. The van der Waals surface area contributed by atoms with Crippen molar-refractivity contribution >= 4 is 12.0 Å². The summed E-state index contributed by atoms with van der Waals surface area (Å²) in [5, 5.41) is 23.5. The Morgan fingerprint density at radius 2 is 2.08 bits per heavy atom. The van der Waals surface area contributed by atoms with E-state index in [0.717, 1.165) is 48.7 Å². The Balaban J connectivity index is 1.21. The van der Waals surface area contributed by atoms with Crippen molar-refractivity contribution in [2.75, 3.05) is 26.7 Å². The second-order valence-corrected chi connectivity index (χ2v) is 12.2. The normalized spacial score (nSPS) is 32.5. The van der Waals surface area contributed by atoms with Gasteiger partial charge in [-0.1, -0.05) is 18.2 Å². The Morgan fingerprint density at radius 3 is 2.87 bits per heavy atom. The van der Waals surface area contributed by atoms with Crippen LogP contribution >= 0.6 is 0 Å². The Hall–Kier alpha value is -3.03. The molecule has 3 fully saturated rings. The first-order valence-corrected chi connectivity index (χ1v) is 14.5. The van der Waals surface area contributed by atoms with Crippen molar-refractivity contribution in [3.05, 3.63) is 59.2 Å². The van der Waals surface area contributed by atoms with Crippen molar-refractivity contribution < 1.29 is 24.5 Å². The zero-order valence-electron chi connectivity index (χ0n) is 22.8. The Kier molecular flexibility index (Phi) is 5.76. The number of phenolic OH excluding ortho intramolecular Hbond substituents is 1. The Morgan fingerprint density at radius 1 is 1.23 bits per heavy atom. The molecule has 2 saturated carbocycles. The molecule has 2 aliphatic heterocycles. The van der Waals surface area contributed by atoms with E-state index in [0.29, 0.717) is 25.2 Å². The molecule has 1 saturated heterocycles. The number of aliphatic hydroxyl groups is 1. The number of piperidine rings is 1. The molecule has 2 N–H and O–H groups in total. The van der Waals surface area contributed by atoms with E-state index in [1.165, 1.54) is 18.4 Å². The highest BCUT2D eigenvalue weighted by molar-refractivity contribution is 5.92. The Labute approximate surface area is 230 Å². The van der Waals surface area contributed by atoms with Gasteiger partial charge in [-0.05, 0) is 93.3 Å². The standard InChI is InChI=1S/C32H38N2O5/c1-3-38-23-6-4-5-20(17-23)9-12-27(36)33(2)24-13-14-32(37)26-18-22-10-11-25(35)29-28(22)31(32,30(24)39-29)15-16-34(26)19-21-7-8-21/h4-6,9-12,17,21,24,26,30,35,37H,3,7-8,13-16,18-19H2,1-2H3/t24-,26-,30+,31+,32-/m1/s1. The van der Waals surface area contributed by atoms with Crippen LogP contribution in [0.1, 0.15) is 55.7 Å². The number of likely N-dealkylation sites (tertiary alicyclic amines) is 1. The molecule has 1 amide bonds. The molecule has 0 unspecified atom stereocenters. The molecule has 5 atom stereocenters. The van der Waals surface area contributed by atoms with Crippen LogP contribution in [0.25, 0.3) is 6.08 Å². The second kappa shape index (κ2) is 9.00. The third kappa shape index (κ3) is 3.66. The average Bonchev–Trinajstić information content (AvgIpc) is 3.67. The van der Waals surface area contributed by atoms with E-state index in [4.69, 9.17) is 9.47 Å². The number of nitrogens with zero attached hydrogens (tertiary/aromatic N) is 2. The van der Waals surface area contributed by atoms with Gasteiger partial charge in [0.05, 0.1) is 23.7 Å². The molecule has 39 heavy (non-hydrogen) atoms. The molecular weight excluding hydrogens is 492 g/mol. The quantitative estimate of drug-likeness (QED) is 0.529. The lowest BCUT2D eigenvalue weighted by atomic mass is 9.48. The molecule has 2 aromatic carbocycles. The van der Waals surface area contributed by atoms with Gasteiger partial charge < -0.3 is 24.6 Å². The second-order valence-electron chi connectivity index (χ2n) is 12.2. The molecule has 2 aromatic rings. The fourth-order valence-electron chi connectivity index (χ4n) is 8.18. The largest absolute Gasteiger partial charge is 0.504 e. The monoisotopic (exact) mass is 530 g/mol. The summed E-state index contributed by atoms with van der Waals surface area (Å²) in [5.41, 5.74) is 1.48. The van der Waals surface area contributed by atoms with Gasteiger partial charge >= 0.3 is 0 Å². The lowest BCUT2D eigenvalue weighted by Gasteiger charge is -2.64. The topological polar surface area (TPSA) is 82.5 Å². The smallest absolute Gasteiger partial charge is 0.246 e. The summed E-state index contributed by atoms with van der Waals surface area (Å²) in [6.07, 6.45) is 8.37. The summed E-state index contributed by atoms with van der Waals surface area (Å²) in [5.74, 6) is 2.06. The van der Waals surface area contributed by atoms with Crippen molar-refractivity contribution in [1.82, 2.24) is 9.80 Å². The van der Waals surface area contributed by atoms with Gasteiger partial charge in [-0.3, -0.25) is 9.69 Å². The number of amides is 1. The molecule has 3 aliphatic carbocycles. The van der Waals surface area contributed by atoms with Crippen LogP contribution in [-0.2, 0) is 16.6 Å². The molecule has 5 aliphatic rings. The number of ether oxygens (including phenoxy) is 2. The third-order valence-corrected chi connectivity index (χ3v) is 10.2. The van der Waals surface area contributed by atoms with Gasteiger partial charge in [-0.2, -0.15) is 0 Å². The van der Waals surface area contributed by atoms with Crippen LogP contribution in [0, 0.1) is 5.92 Å². The van der Waals surface area contributed by atoms with E-state index in [1.807, 2.05) is 50.4 Å². The highest BCUT2D eigenvalue weighted by Gasteiger charge is 2.73. The summed E-state index contributed by atoms with van der Waals surface area (Å²) in [6.45, 7) is 4.48. The highest BCUT2D eigenvalue weighted by atomic mass is 16.5. The lowest BCUT2D eigenvalue weighted by molar-refractivity contribution is -0.200. The summed E-state index contributed by atoms with van der Waals surface area (Å²) in [6, 6.07) is 11.3. The van der Waals surface area contributed by atoms with E-state index >= 15 is 0 Å². The minimum absolute atomic E-state index is 0.0282. The van der Waals surface area contributed by atoms with Gasteiger partial charge in [0, 0.05) is 31.3 Å². The van der Waals surface area contributed by atoms with Crippen molar-refractivity contribution in [2.45, 2.75) is 74.7 Å². The first-order valence-electron chi connectivity index (χ1n) is 14.5. The fraction of sp³-hybridized carbons (Fsp3) is 0.531. The number of hydrogen-bond donors (Lipinski definition) is 2. The maximum Gasteiger partial charge on any atom is 0.246 e. The summed E-state index contributed by atoms with van der Waals surface area (Å²) >= 11 is 0. The summed E-state index contributed by atoms with van der Waals surface area (Å²) in [4.78, 5) is 17.8. The summed E-state index contributed by atoms with van der Waals surface area (Å²) in [7, 11) is 1.84. The van der Waals surface area contributed by atoms with Crippen LogP contribution in [0.15, 0.2) is 42.5 Å². The van der Waals surface area contributed by atoms with Crippen LogP contribution in [-0.4, -0.2) is 76.5 Å². The van der Waals surface area contributed by atoms with Crippen LogP contribution in [0.2, 0.25) is 0 Å². The number of rotatable bonds is 7. The molecule has 0 radical (unpaired) electrons. The minimum Gasteiger partial charge on any atom is -0.504 e. The van der Waals surface area contributed by atoms with E-state index in [-0.39, 0.29) is 23.7 Å². The fourth-order valence-corrected chi connectivity index (χ4v) is 8.18. The first-order chi connectivity index (χ1) is 18.9. The Bertz CT molecular complexity index is 1340. The van der Waals surface area contributed by atoms with Gasteiger partial charge in [0.2, 0.25) is 5.91 Å². The van der Waals surface area contributed by atoms with Gasteiger partial charge in [0.25, 0.3) is 0 Å². The molecular formula is C32H38N2O5. The number of hydrogen-bond acceptors (Lipinski definition) is 6. The number of likely N-dealkylation sites (N-methyl/N-ethyl adjacent to an activating group) is 1. The molecule has 2 bridgehead atoms. The van der Waals surface area contributed by atoms with Crippen LogP contribution in [0.4, 0.5) is 0 Å². The first kappa shape index (κ1) is 25.0. The van der Waals surface area contributed by atoms with E-state index in [2.05, 4.69) is 4.90 Å². The van der Waals surface area contributed by atoms with Crippen LogP contribution in [0.5, 0.6) is 17.2 Å². The van der Waals surface area contributed by atoms with Gasteiger partial charge in [0.1, 0.15) is 11.9 Å². The average molecular weight is 531 g/mol. The van der Waals surface area contributed by atoms with Crippen molar-refractivity contribution in [2.24, 2.45) is 5.92 Å². The summed E-state index contributed by atoms with van der Waals surface area (Å²) < 4.78 is 12.2. The maximum atomic E-state index is 13.5. The molecule has 2 heterocycles. The molecule has 0 aromatic heterocycles. The number of phenols is 1. The number of carbonyl (C=O) groups excluding carboxylic acids is 1. The van der Waals surface area contributed by atoms with E-state index < -0.39 is 17.1 Å². The van der Waals surface area contributed by atoms with Crippen LogP contribution < -0.4 is 9.47 Å². The molecule has 206 valence electrons. The highest BCUT2D eigenvalue weighted by Crippen LogP contribution is 2.66. The molecule has 7 heteroatoms. The van der Waals surface area contributed by atoms with Gasteiger partial charge in [-0.25, -0.2) is 0 Å². The van der Waals surface area contributed by atoms with Crippen molar-refractivity contribution in [3.63, 3.8) is 0 Å². The maximum absolute atomic E-state index is 13.5. The number of aromatic hydroxyl groups is 1. The number of carbonyl (C=O) groups is 1.